The van der Waals surface area contributed by atoms with Crippen LogP contribution in [0.1, 0.15) is 51.5 Å². The van der Waals surface area contributed by atoms with Gasteiger partial charge in [0, 0.05) is 31.2 Å². The fourth-order valence-corrected chi connectivity index (χ4v) is 5.03. The molecular weight excluding hydrogens is 367 g/mol. The maximum absolute atomic E-state index is 14.8. The highest BCUT2D eigenvalue weighted by molar-refractivity contribution is 5.83. The van der Waals surface area contributed by atoms with Crippen molar-refractivity contribution in [3.05, 3.63) is 29.6 Å². The van der Waals surface area contributed by atoms with Crippen LogP contribution < -0.4 is 15.5 Å². The van der Waals surface area contributed by atoms with E-state index in [0.717, 1.165) is 50.9 Å². The first kappa shape index (κ1) is 20.2. The summed E-state index contributed by atoms with van der Waals surface area (Å²) in [5.41, 5.74) is 1.71. The fourth-order valence-electron chi connectivity index (χ4n) is 5.03. The van der Waals surface area contributed by atoms with Gasteiger partial charge in [-0.05, 0) is 61.1 Å². The van der Waals surface area contributed by atoms with Gasteiger partial charge in [0.05, 0.1) is 12.1 Å². The molecule has 29 heavy (non-hydrogen) atoms. The molecule has 3 unspecified atom stereocenters. The summed E-state index contributed by atoms with van der Waals surface area (Å²) in [4.78, 5) is 14.8. The van der Waals surface area contributed by atoms with Gasteiger partial charge in [0.1, 0.15) is 11.9 Å². The molecule has 3 fully saturated rings. The van der Waals surface area contributed by atoms with E-state index in [1.807, 2.05) is 6.07 Å². The van der Waals surface area contributed by atoms with Crippen molar-refractivity contribution in [2.75, 3.05) is 18.0 Å². The van der Waals surface area contributed by atoms with E-state index in [0.29, 0.717) is 22.9 Å². The van der Waals surface area contributed by atoms with Gasteiger partial charge in [0.2, 0.25) is 5.91 Å². The van der Waals surface area contributed by atoms with Gasteiger partial charge in [-0.3, -0.25) is 4.79 Å². The highest BCUT2D eigenvalue weighted by Gasteiger charge is 2.43. The van der Waals surface area contributed by atoms with Crippen molar-refractivity contribution in [1.29, 1.82) is 5.26 Å². The molecular formula is C23H31FN4O. The zero-order chi connectivity index (χ0) is 20.6. The van der Waals surface area contributed by atoms with Crippen molar-refractivity contribution in [2.24, 2.45) is 11.3 Å². The van der Waals surface area contributed by atoms with Crippen LogP contribution in [0.3, 0.4) is 0 Å². The van der Waals surface area contributed by atoms with E-state index in [2.05, 4.69) is 35.5 Å². The summed E-state index contributed by atoms with van der Waals surface area (Å²) < 4.78 is 14.8. The van der Waals surface area contributed by atoms with E-state index in [-0.39, 0.29) is 24.2 Å². The maximum Gasteiger partial charge on any atom is 0.238 e. The van der Waals surface area contributed by atoms with Crippen LogP contribution in [-0.4, -0.2) is 37.1 Å². The van der Waals surface area contributed by atoms with Crippen LogP contribution in [-0.2, 0) is 11.2 Å². The molecule has 2 aliphatic heterocycles. The number of hydrogen-bond acceptors (Lipinski definition) is 4. The van der Waals surface area contributed by atoms with E-state index >= 15 is 0 Å². The number of halogens is 1. The minimum absolute atomic E-state index is 0.128. The fraction of sp³-hybridized carbons (Fsp3) is 0.652. The van der Waals surface area contributed by atoms with E-state index < -0.39 is 6.04 Å². The highest BCUT2D eigenvalue weighted by atomic mass is 19.1. The van der Waals surface area contributed by atoms with Crippen LogP contribution in [0, 0.1) is 28.5 Å². The van der Waals surface area contributed by atoms with E-state index in [1.54, 1.807) is 12.1 Å². The Morgan fingerprint density at radius 2 is 2.14 bits per heavy atom. The predicted octanol–water partition coefficient (Wildman–Crippen LogP) is 3.14. The van der Waals surface area contributed by atoms with Gasteiger partial charge in [-0.15, -0.1) is 0 Å². The van der Waals surface area contributed by atoms with Crippen molar-refractivity contribution in [1.82, 2.24) is 10.6 Å². The minimum Gasteiger partial charge on any atom is -0.371 e. The molecule has 2 saturated heterocycles. The van der Waals surface area contributed by atoms with E-state index in [9.17, 15) is 14.4 Å². The molecule has 0 radical (unpaired) electrons. The van der Waals surface area contributed by atoms with Gasteiger partial charge >= 0.3 is 0 Å². The molecule has 1 aromatic carbocycles. The summed E-state index contributed by atoms with van der Waals surface area (Å²) >= 11 is 0. The lowest BCUT2D eigenvalue weighted by molar-refractivity contribution is -0.124. The maximum atomic E-state index is 14.8. The van der Waals surface area contributed by atoms with Gasteiger partial charge < -0.3 is 15.5 Å². The van der Waals surface area contributed by atoms with E-state index in [1.165, 1.54) is 0 Å². The van der Waals surface area contributed by atoms with Crippen LogP contribution in [0.25, 0.3) is 0 Å². The Balaban J connectivity index is 1.36. The van der Waals surface area contributed by atoms with Crippen LogP contribution in [0.15, 0.2) is 18.2 Å². The molecule has 1 amide bonds. The zero-order valence-electron chi connectivity index (χ0n) is 17.4. The summed E-state index contributed by atoms with van der Waals surface area (Å²) in [5, 5.41) is 15.7. The monoisotopic (exact) mass is 398 g/mol. The highest BCUT2D eigenvalue weighted by Crippen LogP contribution is 2.35. The average molecular weight is 399 g/mol. The lowest BCUT2D eigenvalue weighted by atomic mass is 9.82. The molecule has 2 N–H and O–H groups in total. The third-order valence-corrected chi connectivity index (χ3v) is 7.06. The first-order valence-electron chi connectivity index (χ1n) is 10.8. The lowest BCUT2D eigenvalue weighted by Gasteiger charge is -2.38. The molecule has 3 aliphatic rings. The predicted molar refractivity (Wildman–Crippen MR) is 111 cm³/mol. The number of amides is 1. The number of anilines is 1. The van der Waals surface area contributed by atoms with Crippen molar-refractivity contribution in [3.63, 3.8) is 0 Å². The summed E-state index contributed by atoms with van der Waals surface area (Å²) in [5.74, 6) is -0.0681. The molecule has 2 bridgehead atoms. The first-order chi connectivity index (χ1) is 13.8. The number of hydrogen-bond donors (Lipinski definition) is 2. The van der Waals surface area contributed by atoms with Crippen LogP contribution in [0.2, 0.25) is 0 Å². The number of rotatable bonds is 5. The van der Waals surface area contributed by atoms with Gasteiger partial charge in [-0.1, -0.05) is 19.9 Å². The topological polar surface area (TPSA) is 68.2 Å². The average Bonchev–Trinajstić information content (AvgIpc) is 3.32. The van der Waals surface area contributed by atoms with Crippen LogP contribution >= 0.6 is 0 Å². The number of nitrogens with one attached hydrogen (secondary N) is 2. The molecule has 4 rings (SSSR count). The molecule has 6 heteroatoms. The van der Waals surface area contributed by atoms with Crippen LogP contribution in [0.5, 0.6) is 0 Å². The van der Waals surface area contributed by atoms with Crippen molar-refractivity contribution < 1.29 is 9.18 Å². The Labute approximate surface area is 172 Å². The number of carbonyl (C=O) groups excluding carboxylic acids is 1. The third kappa shape index (κ3) is 4.40. The Morgan fingerprint density at radius 1 is 1.38 bits per heavy atom. The number of fused-ring (bicyclic) bond motifs is 2. The normalized spacial score (nSPS) is 28.8. The minimum atomic E-state index is -0.723. The second-order valence-corrected chi connectivity index (χ2v) is 9.74. The number of benzene rings is 1. The second-order valence-electron chi connectivity index (χ2n) is 9.74. The smallest absolute Gasteiger partial charge is 0.238 e. The standard InChI is InChI=1S/C23H31FN4O/c1-23(2)7-9-28(10-8-23)19-6-4-15(20(24)13-19)11-18(14-25)27-22(29)21-16-3-5-17(12-16)26-21/h4,6,13,16-18,21,26H,3,5,7-12H2,1-2H3,(H,27,29)/t16?,17?,18-,21?/m0/s1. The summed E-state index contributed by atoms with van der Waals surface area (Å²) in [6.45, 7) is 6.41. The molecule has 156 valence electrons. The number of nitrogens with zero attached hydrogens (tertiary/aromatic N) is 2. The molecule has 4 atom stereocenters. The largest absolute Gasteiger partial charge is 0.371 e. The van der Waals surface area contributed by atoms with Gasteiger partial charge in [0.25, 0.3) is 0 Å². The van der Waals surface area contributed by atoms with Crippen molar-refractivity contribution >= 4 is 11.6 Å². The molecule has 1 aromatic rings. The van der Waals surface area contributed by atoms with Crippen LogP contribution in [0.4, 0.5) is 10.1 Å². The molecule has 1 aliphatic carbocycles. The number of carbonyl (C=O) groups is 1. The summed E-state index contributed by atoms with van der Waals surface area (Å²) in [6.07, 6.45) is 5.60. The SMILES string of the molecule is CC1(C)CCN(c2ccc(C[C@@H](C#N)NC(=O)C3NC4CCC3C4)c(F)c2)CC1. The van der Waals surface area contributed by atoms with Crippen molar-refractivity contribution in [2.45, 2.75) is 70.5 Å². The van der Waals surface area contributed by atoms with Gasteiger partial charge in [-0.2, -0.15) is 5.26 Å². The zero-order valence-corrected chi connectivity index (χ0v) is 17.4. The first-order valence-corrected chi connectivity index (χ1v) is 10.8. The van der Waals surface area contributed by atoms with Gasteiger partial charge in [-0.25, -0.2) is 4.39 Å². The number of nitriles is 1. The Kier molecular flexibility index (Phi) is 5.52. The Morgan fingerprint density at radius 3 is 2.72 bits per heavy atom. The summed E-state index contributed by atoms with van der Waals surface area (Å²) in [7, 11) is 0. The third-order valence-electron chi connectivity index (χ3n) is 7.06. The molecule has 0 aromatic heterocycles. The summed E-state index contributed by atoms with van der Waals surface area (Å²) in [6, 6.07) is 6.89. The second kappa shape index (κ2) is 7.95. The quantitative estimate of drug-likeness (QED) is 0.800. The molecule has 5 nitrogen and oxygen atoms in total. The van der Waals surface area contributed by atoms with Gasteiger partial charge in [0.15, 0.2) is 0 Å². The lowest BCUT2D eigenvalue weighted by Crippen LogP contribution is -2.50. The molecule has 1 saturated carbocycles. The van der Waals surface area contributed by atoms with E-state index in [4.69, 9.17) is 0 Å². The number of piperidine rings is 2. The van der Waals surface area contributed by atoms with Crippen molar-refractivity contribution in [3.8, 4) is 6.07 Å². The molecule has 2 heterocycles. The molecule has 0 spiro atoms. The Bertz CT molecular complexity index is 808. The Hall–Kier alpha value is -2.13.